The van der Waals surface area contributed by atoms with Gasteiger partial charge >= 0.3 is 11.9 Å². The number of carboxylic acids is 2. The zero-order valence-corrected chi connectivity index (χ0v) is 21.4. The Bertz CT molecular complexity index is 1080. The number of thiazole rings is 1. The van der Waals surface area contributed by atoms with E-state index in [9.17, 15) is 0 Å². The Morgan fingerprint density at radius 3 is 2.44 bits per heavy atom. The van der Waals surface area contributed by atoms with Crippen LogP contribution in [-0.4, -0.2) is 78.5 Å². The molecule has 2 aromatic carbocycles. The third-order valence-corrected chi connectivity index (χ3v) is 7.12. The number of unbranched alkanes of at least 4 members (excludes halogenated alkanes) is 1. The van der Waals surface area contributed by atoms with Gasteiger partial charge in [0, 0.05) is 19.6 Å². The number of ether oxygens (including phenoxy) is 2. The number of carbonyl (C=O) groups is 2. The van der Waals surface area contributed by atoms with Gasteiger partial charge in [-0.15, -0.1) is 0 Å². The normalized spacial score (nSPS) is 15.6. The van der Waals surface area contributed by atoms with E-state index in [0.717, 1.165) is 54.7 Å². The topological polar surface area (TPSA) is 112 Å². The van der Waals surface area contributed by atoms with Gasteiger partial charge < -0.3 is 29.5 Å². The van der Waals surface area contributed by atoms with Gasteiger partial charge in [-0.3, -0.25) is 0 Å². The average Bonchev–Trinajstić information content (AvgIpc) is 3.33. The van der Waals surface area contributed by atoms with Crippen molar-refractivity contribution in [1.29, 1.82) is 0 Å². The van der Waals surface area contributed by atoms with Gasteiger partial charge in [-0.2, -0.15) is 0 Å². The molecule has 0 bridgehead atoms. The summed E-state index contributed by atoms with van der Waals surface area (Å²) in [5, 5.41) is 15.9. The van der Waals surface area contributed by atoms with Crippen molar-refractivity contribution in [1.82, 2.24) is 9.88 Å². The zero-order valence-electron chi connectivity index (χ0n) is 20.6. The van der Waals surface area contributed by atoms with Crippen LogP contribution in [-0.2, 0) is 9.59 Å². The van der Waals surface area contributed by atoms with Crippen LogP contribution in [0.25, 0.3) is 10.2 Å². The molecule has 0 spiro atoms. The summed E-state index contributed by atoms with van der Waals surface area (Å²) in [6, 6.07) is 16.7. The van der Waals surface area contributed by atoms with Crippen molar-refractivity contribution in [2.75, 3.05) is 45.3 Å². The maximum absolute atomic E-state index is 9.10. The Labute approximate surface area is 214 Å². The minimum absolute atomic E-state index is 0.537. The molecular weight excluding hydrogens is 482 g/mol. The van der Waals surface area contributed by atoms with Crippen LogP contribution in [0, 0.1) is 0 Å². The van der Waals surface area contributed by atoms with Crippen LogP contribution in [0.4, 0.5) is 5.13 Å². The number of para-hydroxylation sites is 1. The lowest BCUT2D eigenvalue weighted by atomic mass is 10.0. The Balaban J connectivity index is 0.000000538. The van der Waals surface area contributed by atoms with Crippen LogP contribution in [0.2, 0.25) is 0 Å². The molecule has 1 aliphatic heterocycles. The molecule has 1 unspecified atom stereocenters. The van der Waals surface area contributed by atoms with Crippen LogP contribution in [0.5, 0.6) is 11.5 Å². The SMILES string of the molecule is COc1ccc(OCCCCN2CCCC(N(C)c3nc4ccccc4s3)C2)cc1.O=C(O)C(=O)O. The molecule has 4 rings (SSSR count). The number of likely N-dealkylation sites (tertiary alicyclic amines) is 1. The van der Waals surface area contributed by atoms with Gasteiger partial charge in [0.15, 0.2) is 5.13 Å². The third kappa shape index (κ3) is 8.10. The first-order chi connectivity index (χ1) is 17.4. The van der Waals surface area contributed by atoms with Crippen molar-refractivity contribution >= 4 is 38.6 Å². The van der Waals surface area contributed by atoms with Crippen molar-refractivity contribution in [2.24, 2.45) is 0 Å². The highest BCUT2D eigenvalue weighted by atomic mass is 32.1. The van der Waals surface area contributed by atoms with E-state index in [0.29, 0.717) is 6.04 Å². The van der Waals surface area contributed by atoms with E-state index in [1.165, 1.54) is 24.1 Å². The summed E-state index contributed by atoms with van der Waals surface area (Å²) < 4.78 is 12.3. The van der Waals surface area contributed by atoms with Crippen LogP contribution in [0.15, 0.2) is 48.5 Å². The van der Waals surface area contributed by atoms with Crippen molar-refractivity contribution in [3.8, 4) is 11.5 Å². The summed E-state index contributed by atoms with van der Waals surface area (Å²) in [4.78, 5) is 28.0. The number of benzene rings is 2. The molecule has 194 valence electrons. The first kappa shape index (κ1) is 27.2. The molecular formula is C26H33N3O6S. The van der Waals surface area contributed by atoms with Gasteiger partial charge in [-0.25, -0.2) is 14.6 Å². The Hall–Kier alpha value is -3.37. The lowest BCUT2D eigenvalue weighted by Gasteiger charge is -2.37. The van der Waals surface area contributed by atoms with Crippen LogP contribution < -0.4 is 14.4 Å². The highest BCUT2D eigenvalue weighted by Gasteiger charge is 2.24. The molecule has 0 amide bonds. The summed E-state index contributed by atoms with van der Waals surface area (Å²) >= 11 is 1.80. The number of fused-ring (bicyclic) bond motifs is 1. The Morgan fingerprint density at radius 1 is 1.08 bits per heavy atom. The number of aliphatic carboxylic acids is 2. The van der Waals surface area contributed by atoms with Crippen molar-refractivity contribution in [2.45, 2.75) is 31.7 Å². The molecule has 2 heterocycles. The number of likely N-dealkylation sites (N-methyl/N-ethyl adjacent to an activating group) is 1. The standard InChI is InChI=1S/C24H31N3O2S.C2H2O4/c1-26(24-25-22-9-3-4-10-23(22)30-24)19-8-7-16-27(18-19)15-5-6-17-29-21-13-11-20(28-2)12-14-21;3-1(4)2(5)6/h3-4,9-14,19H,5-8,15-18H2,1-2H3;(H,3,4)(H,5,6). The number of nitrogens with zero attached hydrogens (tertiary/aromatic N) is 3. The second-order valence-electron chi connectivity index (χ2n) is 8.51. The van der Waals surface area contributed by atoms with Crippen molar-refractivity contribution in [3.05, 3.63) is 48.5 Å². The van der Waals surface area contributed by atoms with Crippen LogP contribution >= 0.6 is 11.3 Å². The number of hydrogen-bond donors (Lipinski definition) is 2. The lowest BCUT2D eigenvalue weighted by Crippen LogP contribution is -2.46. The van der Waals surface area contributed by atoms with E-state index in [1.54, 1.807) is 18.4 Å². The van der Waals surface area contributed by atoms with Crippen LogP contribution in [0.3, 0.4) is 0 Å². The second-order valence-corrected chi connectivity index (χ2v) is 9.52. The number of aromatic nitrogens is 1. The molecule has 36 heavy (non-hydrogen) atoms. The van der Waals surface area contributed by atoms with E-state index in [1.807, 2.05) is 24.3 Å². The van der Waals surface area contributed by atoms with E-state index >= 15 is 0 Å². The predicted molar refractivity (Wildman–Crippen MR) is 140 cm³/mol. The van der Waals surface area contributed by atoms with Gasteiger partial charge in [0.2, 0.25) is 0 Å². The molecule has 9 nitrogen and oxygen atoms in total. The molecule has 3 aromatic rings. The summed E-state index contributed by atoms with van der Waals surface area (Å²) in [5.41, 5.74) is 1.11. The van der Waals surface area contributed by atoms with Gasteiger partial charge in [-0.1, -0.05) is 23.5 Å². The van der Waals surface area contributed by atoms with E-state index < -0.39 is 11.9 Å². The first-order valence-corrected chi connectivity index (χ1v) is 12.7. The highest BCUT2D eigenvalue weighted by Crippen LogP contribution is 2.30. The van der Waals surface area contributed by atoms with Crippen molar-refractivity contribution < 1.29 is 29.3 Å². The Morgan fingerprint density at radius 2 is 1.78 bits per heavy atom. The molecule has 0 aliphatic carbocycles. The molecule has 1 fully saturated rings. The molecule has 1 saturated heterocycles. The number of hydrogen-bond acceptors (Lipinski definition) is 8. The maximum atomic E-state index is 9.10. The predicted octanol–water partition coefficient (Wildman–Crippen LogP) is 4.22. The second kappa shape index (κ2) is 13.6. The minimum atomic E-state index is -1.82. The number of methoxy groups -OCH3 is 1. The van der Waals surface area contributed by atoms with Crippen LogP contribution in [0.1, 0.15) is 25.7 Å². The smallest absolute Gasteiger partial charge is 0.414 e. The number of carboxylic acid groups (broad SMARTS) is 2. The van der Waals surface area contributed by atoms with E-state index in [2.05, 4.69) is 41.1 Å². The fourth-order valence-corrected chi connectivity index (χ4v) is 5.02. The Kier molecular flexibility index (Phi) is 10.3. The summed E-state index contributed by atoms with van der Waals surface area (Å²) in [6.45, 7) is 4.21. The third-order valence-electron chi connectivity index (χ3n) is 5.99. The fraction of sp³-hybridized carbons (Fsp3) is 0.423. The summed E-state index contributed by atoms with van der Waals surface area (Å²) in [5.74, 6) is -1.88. The van der Waals surface area contributed by atoms with E-state index in [4.69, 9.17) is 34.3 Å². The largest absolute Gasteiger partial charge is 0.497 e. The summed E-state index contributed by atoms with van der Waals surface area (Å²) in [6.07, 6.45) is 4.72. The fourth-order valence-electron chi connectivity index (χ4n) is 4.02. The summed E-state index contributed by atoms with van der Waals surface area (Å²) in [7, 11) is 3.88. The highest BCUT2D eigenvalue weighted by molar-refractivity contribution is 7.22. The molecule has 1 aromatic heterocycles. The average molecular weight is 516 g/mol. The van der Waals surface area contributed by atoms with Crippen molar-refractivity contribution in [3.63, 3.8) is 0 Å². The number of anilines is 1. The van der Waals surface area contributed by atoms with Gasteiger partial charge in [0.25, 0.3) is 0 Å². The zero-order chi connectivity index (χ0) is 25.9. The maximum Gasteiger partial charge on any atom is 0.414 e. The lowest BCUT2D eigenvalue weighted by molar-refractivity contribution is -0.159. The molecule has 0 saturated carbocycles. The van der Waals surface area contributed by atoms with Gasteiger partial charge in [-0.05, 0) is 75.2 Å². The molecule has 2 N–H and O–H groups in total. The molecule has 1 atom stereocenters. The number of rotatable bonds is 9. The molecule has 10 heteroatoms. The quantitative estimate of drug-likeness (QED) is 0.319. The van der Waals surface area contributed by atoms with E-state index in [-0.39, 0.29) is 0 Å². The molecule has 1 aliphatic rings. The van der Waals surface area contributed by atoms with Gasteiger partial charge in [0.05, 0.1) is 23.9 Å². The van der Waals surface area contributed by atoms with Gasteiger partial charge in [0.1, 0.15) is 11.5 Å². The molecule has 0 radical (unpaired) electrons. The number of piperidine rings is 1. The minimum Gasteiger partial charge on any atom is -0.497 e. The first-order valence-electron chi connectivity index (χ1n) is 11.9. The monoisotopic (exact) mass is 515 g/mol.